The Hall–Kier alpha value is -2.73. The molecule has 0 bridgehead atoms. The van der Waals surface area contributed by atoms with Crippen molar-refractivity contribution >= 4 is 33.4 Å². The van der Waals surface area contributed by atoms with Crippen LogP contribution in [0.4, 0.5) is 0 Å². The topological polar surface area (TPSA) is 68.3 Å². The fourth-order valence-electron chi connectivity index (χ4n) is 2.21. The van der Waals surface area contributed by atoms with Crippen LogP contribution >= 0.6 is 11.3 Å². The molecule has 0 fully saturated rings. The summed E-state index contributed by atoms with van der Waals surface area (Å²) < 4.78 is 6.17. The summed E-state index contributed by atoms with van der Waals surface area (Å²) >= 11 is 1.40. The molecular formula is C18H16N2O3S. The molecule has 24 heavy (non-hydrogen) atoms. The van der Waals surface area contributed by atoms with E-state index in [0.29, 0.717) is 10.6 Å². The van der Waals surface area contributed by atoms with Gasteiger partial charge in [-0.1, -0.05) is 18.2 Å². The van der Waals surface area contributed by atoms with E-state index in [1.807, 2.05) is 19.1 Å². The van der Waals surface area contributed by atoms with Crippen molar-refractivity contribution in [3.8, 4) is 5.75 Å². The summed E-state index contributed by atoms with van der Waals surface area (Å²) in [5.74, 6) is -0.0832. The van der Waals surface area contributed by atoms with E-state index in [-0.39, 0.29) is 24.8 Å². The Bertz CT molecular complexity index is 874. The third kappa shape index (κ3) is 3.78. The number of nitrogens with zero attached hydrogens (tertiary/aromatic N) is 1. The van der Waals surface area contributed by atoms with Crippen molar-refractivity contribution in [2.75, 3.05) is 6.54 Å². The van der Waals surface area contributed by atoms with Crippen molar-refractivity contribution in [2.24, 2.45) is 0 Å². The number of amides is 1. The Morgan fingerprint density at radius 3 is 2.75 bits per heavy atom. The number of carbonyl (C=O) groups excluding carboxylic acids is 2. The number of fused-ring (bicyclic) bond motifs is 1. The first kappa shape index (κ1) is 16.1. The fraction of sp³-hybridized carbons (Fsp3) is 0.167. The largest absolute Gasteiger partial charge is 0.426 e. The second-order valence-electron chi connectivity index (χ2n) is 5.25. The molecule has 0 aliphatic heterocycles. The highest BCUT2D eigenvalue weighted by molar-refractivity contribution is 7.21. The molecule has 3 aromatic rings. The first-order valence-corrected chi connectivity index (χ1v) is 8.34. The monoisotopic (exact) mass is 340 g/mol. The smallest absolute Gasteiger partial charge is 0.312 e. The van der Waals surface area contributed by atoms with Gasteiger partial charge >= 0.3 is 5.97 Å². The Balaban J connectivity index is 1.53. The molecule has 0 radical (unpaired) electrons. The van der Waals surface area contributed by atoms with Gasteiger partial charge in [-0.15, -0.1) is 11.3 Å². The van der Waals surface area contributed by atoms with Crippen LogP contribution in [-0.4, -0.2) is 23.4 Å². The van der Waals surface area contributed by atoms with E-state index in [9.17, 15) is 9.59 Å². The number of aromatic nitrogens is 1. The zero-order valence-corrected chi connectivity index (χ0v) is 13.9. The molecule has 0 unspecified atom stereocenters. The van der Waals surface area contributed by atoms with Crippen LogP contribution in [0.3, 0.4) is 0 Å². The van der Waals surface area contributed by atoms with E-state index in [2.05, 4.69) is 10.3 Å². The highest BCUT2D eigenvalue weighted by atomic mass is 32.1. The Labute approximate surface area is 143 Å². The van der Waals surface area contributed by atoms with Crippen LogP contribution < -0.4 is 10.1 Å². The molecule has 1 amide bonds. The maximum absolute atomic E-state index is 12.2. The molecule has 5 nitrogen and oxygen atoms in total. The summed E-state index contributed by atoms with van der Waals surface area (Å²) in [5, 5.41) is 2.74. The lowest BCUT2D eigenvalue weighted by Gasteiger charge is -2.05. The molecule has 0 aliphatic rings. The summed E-state index contributed by atoms with van der Waals surface area (Å²) in [6, 6.07) is 12.5. The van der Waals surface area contributed by atoms with Gasteiger partial charge in [0.15, 0.2) is 0 Å². The molecular weight excluding hydrogens is 324 g/mol. The van der Waals surface area contributed by atoms with Gasteiger partial charge in [-0.3, -0.25) is 14.6 Å². The number of hydrogen-bond donors (Lipinski definition) is 1. The number of thiophene rings is 1. The van der Waals surface area contributed by atoms with Crippen LogP contribution in [0.25, 0.3) is 10.2 Å². The molecule has 122 valence electrons. The minimum atomic E-state index is -0.379. The van der Waals surface area contributed by atoms with Crippen molar-refractivity contribution in [2.45, 2.75) is 13.3 Å². The number of pyridine rings is 1. The first-order valence-electron chi connectivity index (χ1n) is 7.52. The van der Waals surface area contributed by atoms with Crippen LogP contribution in [0.1, 0.15) is 21.7 Å². The maximum Gasteiger partial charge on any atom is 0.312 e. The minimum Gasteiger partial charge on any atom is -0.426 e. The van der Waals surface area contributed by atoms with E-state index < -0.39 is 0 Å². The number of aryl methyl sites for hydroxylation is 1. The van der Waals surface area contributed by atoms with E-state index in [1.165, 1.54) is 11.3 Å². The standard InChI is InChI=1S/C18H16N2O3S/c1-12-7-9-19-14-11-15(24-17(12)14)18(22)20-10-8-16(21)23-13-5-3-2-4-6-13/h2-7,9,11H,8,10H2,1H3,(H,20,22). The van der Waals surface area contributed by atoms with Gasteiger partial charge in [-0.2, -0.15) is 0 Å². The summed E-state index contributed by atoms with van der Waals surface area (Å²) in [4.78, 5) is 28.8. The molecule has 0 saturated carbocycles. The van der Waals surface area contributed by atoms with Crippen LogP contribution in [0.5, 0.6) is 5.75 Å². The Morgan fingerprint density at radius 2 is 2.00 bits per heavy atom. The highest BCUT2D eigenvalue weighted by Crippen LogP contribution is 2.26. The number of hydrogen-bond acceptors (Lipinski definition) is 5. The van der Waals surface area contributed by atoms with Gasteiger partial charge in [0.2, 0.25) is 0 Å². The van der Waals surface area contributed by atoms with Crippen LogP contribution in [0.15, 0.2) is 48.7 Å². The van der Waals surface area contributed by atoms with E-state index in [4.69, 9.17) is 4.74 Å². The highest BCUT2D eigenvalue weighted by Gasteiger charge is 2.12. The third-order valence-corrected chi connectivity index (χ3v) is 4.68. The van der Waals surface area contributed by atoms with Crippen molar-refractivity contribution in [1.29, 1.82) is 0 Å². The SMILES string of the molecule is Cc1ccnc2cc(C(=O)NCCC(=O)Oc3ccccc3)sc12. The molecule has 1 N–H and O–H groups in total. The number of nitrogens with one attached hydrogen (secondary N) is 1. The molecule has 3 rings (SSSR count). The quantitative estimate of drug-likeness (QED) is 0.571. The normalized spacial score (nSPS) is 10.5. The predicted octanol–water partition coefficient (Wildman–Crippen LogP) is 3.33. The van der Waals surface area contributed by atoms with Gasteiger partial charge in [0.25, 0.3) is 5.91 Å². The number of esters is 1. The second kappa shape index (κ2) is 7.23. The molecule has 6 heteroatoms. The minimum absolute atomic E-state index is 0.114. The fourth-order valence-corrected chi connectivity index (χ4v) is 3.21. The van der Waals surface area contributed by atoms with Gasteiger partial charge in [0.1, 0.15) is 5.75 Å². The predicted molar refractivity (Wildman–Crippen MR) is 93.4 cm³/mol. The van der Waals surface area contributed by atoms with E-state index in [1.54, 1.807) is 36.5 Å². The van der Waals surface area contributed by atoms with Gasteiger partial charge in [-0.25, -0.2) is 0 Å². The van der Waals surface area contributed by atoms with Gasteiger partial charge < -0.3 is 10.1 Å². The van der Waals surface area contributed by atoms with Gasteiger partial charge in [0, 0.05) is 12.7 Å². The van der Waals surface area contributed by atoms with E-state index in [0.717, 1.165) is 15.8 Å². The average Bonchev–Trinajstić information content (AvgIpc) is 3.01. The molecule has 1 aromatic carbocycles. The van der Waals surface area contributed by atoms with Gasteiger partial charge in [0.05, 0.1) is 21.5 Å². The molecule has 0 saturated heterocycles. The molecule has 0 atom stereocenters. The Kier molecular flexibility index (Phi) is 4.86. The van der Waals surface area contributed by atoms with Gasteiger partial charge in [-0.05, 0) is 36.8 Å². The Morgan fingerprint density at radius 1 is 1.21 bits per heavy atom. The summed E-state index contributed by atoms with van der Waals surface area (Å²) in [6.07, 6.45) is 1.84. The van der Waals surface area contributed by atoms with Crippen molar-refractivity contribution in [3.05, 3.63) is 59.1 Å². The number of ether oxygens (including phenoxy) is 1. The molecule has 2 aromatic heterocycles. The lowest BCUT2D eigenvalue weighted by molar-refractivity contribution is -0.134. The molecule has 2 heterocycles. The molecule has 0 aliphatic carbocycles. The number of benzene rings is 1. The summed E-state index contributed by atoms with van der Waals surface area (Å²) in [5.41, 5.74) is 1.91. The summed E-state index contributed by atoms with van der Waals surface area (Å²) in [7, 11) is 0. The van der Waals surface area contributed by atoms with Crippen LogP contribution in [0.2, 0.25) is 0 Å². The van der Waals surface area contributed by atoms with Crippen molar-refractivity contribution in [1.82, 2.24) is 10.3 Å². The lowest BCUT2D eigenvalue weighted by atomic mass is 10.2. The number of carbonyl (C=O) groups is 2. The lowest BCUT2D eigenvalue weighted by Crippen LogP contribution is -2.26. The average molecular weight is 340 g/mol. The van der Waals surface area contributed by atoms with Crippen LogP contribution in [-0.2, 0) is 4.79 Å². The number of rotatable bonds is 5. The zero-order chi connectivity index (χ0) is 16.9. The third-order valence-electron chi connectivity index (χ3n) is 3.42. The summed E-state index contributed by atoms with van der Waals surface area (Å²) in [6.45, 7) is 2.22. The first-order chi connectivity index (χ1) is 11.6. The van der Waals surface area contributed by atoms with Crippen molar-refractivity contribution < 1.29 is 14.3 Å². The molecule has 0 spiro atoms. The van der Waals surface area contributed by atoms with E-state index >= 15 is 0 Å². The second-order valence-corrected chi connectivity index (χ2v) is 6.30. The number of para-hydroxylation sites is 1. The maximum atomic E-state index is 12.2. The van der Waals surface area contributed by atoms with Crippen LogP contribution in [0, 0.1) is 6.92 Å². The zero-order valence-electron chi connectivity index (χ0n) is 13.1. The van der Waals surface area contributed by atoms with Crippen molar-refractivity contribution in [3.63, 3.8) is 0 Å².